The van der Waals surface area contributed by atoms with E-state index in [9.17, 15) is 0 Å². The van der Waals surface area contributed by atoms with Crippen molar-refractivity contribution in [1.82, 2.24) is 0 Å². The SMILES string of the molecule is C[C@@H](CO[Si](C)(C)C(C)(C)C)C[C@@H](C)C#C[Si](C)(C)C. The minimum absolute atomic E-state index is 0.302. The quantitative estimate of drug-likeness (QED) is 0.477. The maximum Gasteiger partial charge on any atom is 0.191 e. The molecule has 3 heteroatoms. The van der Waals surface area contributed by atoms with E-state index in [4.69, 9.17) is 4.43 Å². The second-order valence-electron chi connectivity index (χ2n) is 8.83. The highest BCUT2D eigenvalue weighted by Gasteiger charge is 2.37. The molecule has 0 saturated heterocycles. The van der Waals surface area contributed by atoms with E-state index in [1.807, 2.05) is 0 Å². The molecule has 0 aliphatic carbocycles. The van der Waals surface area contributed by atoms with E-state index in [0.717, 1.165) is 13.0 Å². The lowest BCUT2D eigenvalue weighted by Gasteiger charge is -2.37. The van der Waals surface area contributed by atoms with Gasteiger partial charge in [0.05, 0.1) is 0 Å². The molecule has 0 heterocycles. The maximum atomic E-state index is 6.30. The van der Waals surface area contributed by atoms with Crippen LogP contribution < -0.4 is 0 Å². The Labute approximate surface area is 130 Å². The Morgan fingerprint density at radius 3 is 1.90 bits per heavy atom. The average molecular weight is 313 g/mol. The Bertz CT molecular complexity index is 350. The Morgan fingerprint density at radius 1 is 1.00 bits per heavy atom. The molecule has 0 radical (unpaired) electrons. The largest absolute Gasteiger partial charge is 0.417 e. The first-order chi connectivity index (χ1) is 8.74. The van der Waals surface area contributed by atoms with Gasteiger partial charge in [-0.25, -0.2) is 0 Å². The van der Waals surface area contributed by atoms with Gasteiger partial charge < -0.3 is 4.43 Å². The summed E-state index contributed by atoms with van der Waals surface area (Å²) in [5.74, 6) is 4.53. The summed E-state index contributed by atoms with van der Waals surface area (Å²) in [5.41, 5.74) is 3.48. The first kappa shape index (κ1) is 20.0. The summed E-state index contributed by atoms with van der Waals surface area (Å²) in [5, 5.41) is 0.302. The van der Waals surface area contributed by atoms with Gasteiger partial charge in [0, 0.05) is 12.5 Å². The lowest BCUT2D eigenvalue weighted by Crippen LogP contribution is -2.41. The first-order valence-corrected chi connectivity index (χ1v) is 14.3. The molecule has 0 N–H and O–H groups in total. The second kappa shape index (κ2) is 7.29. The van der Waals surface area contributed by atoms with Crippen LogP contribution in [0.1, 0.15) is 41.0 Å². The van der Waals surface area contributed by atoms with Gasteiger partial charge in [-0.3, -0.25) is 0 Å². The fourth-order valence-electron chi connectivity index (χ4n) is 1.64. The number of rotatable bonds is 5. The summed E-state index contributed by atoms with van der Waals surface area (Å²) >= 11 is 0. The summed E-state index contributed by atoms with van der Waals surface area (Å²) in [7, 11) is -2.83. The lowest BCUT2D eigenvalue weighted by molar-refractivity contribution is 0.224. The van der Waals surface area contributed by atoms with Crippen molar-refractivity contribution < 1.29 is 4.43 Å². The molecule has 0 aromatic rings. The van der Waals surface area contributed by atoms with Crippen molar-refractivity contribution in [3.63, 3.8) is 0 Å². The van der Waals surface area contributed by atoms with Crippen LogP contribution in [0.3, 0.4) is 0 Å². The van der Waals surface area contributed by atoms with Crippen molar-refractivity contribution in [2.45, 2.75) is 78.8 Å². The molecule has 0 aliphatic heterocycles. The molecule has 118 valence electrons. The predicted octanol–water partition coefficient (Wildman–Crippen LogP) is 5.55. The van der Waals surface area contributed by atoms with Gasteiger partial charge >= 0.3 is 0 Å². The zero-order valence-corrected chi connectivity index (χ0v) is 17.5. The smallest absolute Gasteiger partial charge is 0.191 e. The Hall–Kier alpha value is -0.0462. The van der Waals surface area contributed by atoms with Crippen LogP contribution in [0, 0.1) is 23.3 Å². The third kappa shape index (κ3) is 8.29. The van der Waals surface area contributed by atoms with Crippen LogP contribution in [0.2, 0.25) is 37.8 Å². The lowest BCUT2D eigenvalue weighted by atomic mass is 9.99. The minimum Gasteiger partial charge on any atom is -0.417 e. The Balaban J connectivity index is 4.31. The van der Waals surface area contributed by atoms with Crippen molar-refractivity contribution in [1.29, 1.82) is 0 Å². The van der Waals surface area contributed by atoms with Gasteiger partial charge in [0.15, 0.2) is 8.32 Å². The monoisotopic (exact) mass is 312 g/mol. The van der Waals surface area contributed by atoms with Crippen LogP contribution in [-0.4, -0.2) is 23.0 Å². The molecular weight excluding hydrogens is 276 g/mol. The van der Waals surface area contributed by atoms with Crippen molar-refractivity contribution in [3.8, 4) is 11.5 Å². The third-order valence-electron chi connectivity index (χ3n) is 3.98. The summed E-state index contributed by atoms with van der Waals surface area (Å²) in [6, 6.07) is 0. The van der Waals surface area contributed by atoms with E-state index in [0.29, 0.717) is 16.9 Å². The fraction of sp³-hybridized carbons (Fsp3) is 0.882. The molecule has 20 heavy (non-hydrogen) atoms. The molecule has 0 spiro atoms. The van der Waals surface area contributed by atoms with Crippen LogP contribution in [-0.2, 0) is 4.43 Å². The number of hydrogen-bond acceptors (Lipinski definition) is 1. The van der Waals surface area contributed by atoms with Gasteiger partial charge in [-0.15, -0.1) is 11.5 Å². The maximum absolute atomic E-state index is 6.30. The van der Waals surface area contributed by atoms with Gasteiger partial charge in [0.2, 0.25) is 0 Å². The highest BCUT2D eigenvalue weighted by atomic mass is 28.4. The van der Waals surface area contributed by atoms with Crippen molar-refractivity contribution >= 4 is 16.4 Å². The Morgan fingerprint density at radius 2 is 1.50 bits per heavy atom. The van der Waals surface area contributed by atoms with E-state index in [-0.39, 0.29) is 0 Å². The fourth-order valence-corrected chi connectivity index (χ4v) is 3.45. The molecule has 0 amide bonds. The van der Waals surface area contributed by atoms with Crippen LogP contribution in [0.25, 0.3) is 0 Å². The van der Waals surface area contributed by atoms with Gasteiger partial charge in [-0.1, -0.05) is 54.3 Å². The van der Waals surface area contributed by atoms with Gasteiger partial charge in [0.1, 0.15) is 8.07 Å². The third-order valence-corrected chi connectivity index (χ3v) is 9.38. The van der Waals surface area contributed by atoms with Crippen LogP contribution in [0.4, 0.5) is 0 Å². The summed E-state index contributed by atoms with van der Waals surface area (Å²) in [4.78, 5) is 0. The van der Waals surface area contributed by atoms with E-state index in [1.165, 1.54) is 0 Å². The molecule has 0 aromatic heterocycles. The average Bonchev–Trinajstić information content (AvgIpc) is 2.21. The summed E-state index contributed by atoms with van der Waals surface area (Å²) in [6.45, 7) is 23.9. The molecule has 0 bridgehead atoms. The van der Waals surface area contributed by atoms with Gasteiger partial charge in [-0.05, 0) is 30.5 Å². The molecule has 0 rings (SSSR count). The molecule has 0 fully saturated rings. The Kier molecular flexibility index (Phi) is 7.27. The topological polar surface area (TPSA) is 9.23 Å². The zero-order chi connectivity index (χ0) is 16.2. The molecular formula is C17H36OSi2. The van der Waals surface area contributed by atoms with Crippen molar-refractivity contribution in [2.75, 3.05) is 6.61 Å². The van der Waals surface area contributed by atoms with E-state index in [2.05, 4.69) is 78.8 Å². The molecule has 0 aromatic carbocycles. The molecule has 0 unspecified atom stereocenters. The standard InChI is InChI=1S/C17H36OSi2/c1-15(11-12-19(6,7)8)13-16(2)14-18-20(9,10)17(3,4)5/h15-16H,13-14H2,1-10H3/t15-,16+/m0/s1. The second-order valence-corrected chi connectivity index (χ2v) is 18.4. The summed E-state index contributed by atoms with van der Waals surface area (Å²) < 4.78 is 6.30. The molecule has 0 aliphatic rings. The van der Waals surface area contributed by atoms with E-state index < -0.39 is 16.4 Å². The minimum atomic E-state index is -1.60. The molecule has 1 nitrogen and oxygen atoms in total. The molecule has 0 saturated carbocycles. The predicted molar refractivity (Wildman–Crippen MR) is 97.2 cm³/mol. The van der Waals surface area contributed by atoms with E-state index >= 15 is 0 Å². The first-order valence-electron chi connectivity index (χ1n) is 7.91. The van der Waals surface area contributed by atoms with Gasteiger partial charge in [0.25, 0.3) is 0 Å². The van der Waals surface area contributed by atoms with Crippen LogP contribution in [0.5, 0.6) is 0 Å². The van der Waals surface area contributed by atoms with Crippen molar-refractivity contribution in [2.24, 2.45) is 11.8 Å². The summed E-state index contributed by atoms with van der Waals surface area (Å²) in [6.07, 6.45) is 1.14. The zero-order valence-electron chi connectivity index (χ0n) is 15.5. The van der Waals surface area contributed by atoms with Crippen LogP contribution in [0.15, 0.2) is 0 Å². The van der Waals surface area contributed by atoms with Crippen LogP contribution >= 0.6 is 0 Å². The molecule has 2 atom stereocenters. The van der Waals surface area contributed by atoms with Gasteiger partial charge in [-0.2, -0.15) is 0 Å². The van der Waals surface area contributed by atoms with Crippen molar-refractivity contribution in [3.05, 3.63) is 0 Å². The highest BCUT2D eigenvalue weighted by molar-refractivity contribution is 6.83. The number of hydrogen-bond donors (Lipinski definition) is 0. The van der Waals surface area contributed by atoms with E-state index in [1.54, 1.807) is 0 Å². The normalized spacial score (nSPS) is 16.3. The highest BCUT2D eigenvalue weighted by Crippen LogP contribution is 2.36.